The number of aromatic nitrogens is 4. The quantitative estimate of drug-likeness (QED) is 0.847. The Bertz CT molecular complexity index is 667. The van der Waals surface area contributed by atoms with Crippen molar-refractivity contribution in [1.82, 2.24) is 24.8 Å². The summed E-state index contributed by atoms with van der Waals surface area (Å²) in [6, 6.07) is 2.03. The van der Waals surface area contributed by atoms with Gasteiger partial charge < -0.3 is 14.2 Å². The van der Waals surface area contributed by atoms with Gasteiger partial charge in [0.15, 0.2) is 0 Å². The van der Waals surface area contributed by atoms with Crippen LogP contribution in [0, 0.1) is 13.8 Å². The van der Waals surface area contributed by atoms with Crippen LogP contribution >= 0.6 is 0 Å². The van der Waals surface area contributed by atoms with Crippen molar-refractivity contribution >= 4 is 5.91 Å². The highest BCUT2D eigenvalue weighted by atomic mass is 16.5. The molecule has 2 aromatic rings. The van der Waals surface area contributed by atoms with E-state index in [1.165, 1.54) is 6.39 Å². The number of hydrogen-bond acceptors (Lipinski definition) is 6. The van der Waals surface area contributed by atoms with E-state index in [1.54, 1.807) is 4.90 Å². The highest BCUT2D eigenvalue weighted by Crippen LogP contribution is 2.21. The number of nitrogens with zero attached hydrogens (tertiary/aromatic N) is 5. The predicted octanol–water partition coefficient (Wildman–Crippen LogP) is 1.43. The SMILES string of the molecule is Cc1cc(C)n(C(C)CC(=O)N2CCOC(c3ncon3)C2)n1. The van der Waals surface area contributed by atoms with Crippen molar-refractivity contribution in [1.29, 1.82) is 0 Å². The Labute approximate surface area is 134 Å². The molecule has 3 rings (SSSR count). The highest BCUT2D eigenvalue weighted by Gasteiger charge is 2.29. The number of aryl methyl sites for hydroxylation is 2. The second kappa shape index (κ2) is 6.49. The fourth-order valence-corrected chi connectivity index (χ4v) is 2.91. The lowest BCUT2D eigenvalue weighted by atomic mass is 10.2. The monoisotopic (exact) mass is 319 g/mol. The second-order valence-electron chi connectivity index (χ2n) is 5.91. The van der Waals surface area contributed by atoms with Gasteiger partial charge in [0.1, 0.15) is 6.10 Å². The van der Waals surface area contributed by atoms with Crippen LogP contribution in [0.2, 0.25) is 0 Å². The van der Waals surface area contributed by atoms with Crippen molar-refractivity contribution in [2.45, 2.75) is 39.3 Å². The largest absolute Gasteiger partial charge is 0.366 e. The van der Waals surface area contributed by atoms with Gasteiger partial charge >= 0.3 is 0 Å². The molecule has 8 heteroatoms. The van der Waals surface area contributed by atoms with Gasteiger partial charge in [0.25, 0.3) is 0 Å². The average molecular weight is 319 g/mol. The standard InChI is InChI=1S/C15H21N5O3/c1-10-6-11(2)20(17-10)12(3)7-14(21)19-4-5-22-13(8-19)15-16-9-23-18-15/h6,9,12-13H,4-5,7-8H2,1-3H3. The fourth-order valence-electron chi connectivity index (χ4n) is 2.91. The molecule has 0 N–H and O–H groups in total. The number of carbonyl (C=O) groups is 1. The van der Waals surface area contributed by atoms with Crippen LogP contribution in [0.15, 0.2) is 17.0 Å². The summed E-state index contributed by atoms with van der Waals surface area (Å²) in [5, 5.41) is 8.25. The number of rotatable bonds is 4. The average Bonchev–Trinajstić information content (AvgIpc) is 3.17. The van der Waals surface area contributed by atoms with Crippen LogP contribution in [-0.2, 0) is 9.53 Å². The van der Waals surface area contributed by atoms with E-state index in [1.807, 2.05) is 31.5 Å². The van der Waals surface area contributed by atoms with Crippen LogP contribution in [0.1, 0.15) is 42.7 Å². The Kier molecular flexibility index (Phi) is 4.42. The Morgan fingerprint density at radius 2 is 2.30 bits per heavy atom. The lowest BCUT2D eigenvalue weighted by Crippen LogP contribution is -2.43. The van der Waals surface area contributed by atoms with Gasteiger partial charge in [0.05, 0.1) is 24.9 Å². The maximum absolute atomic E-state index is 12.6. The Morgan fingerprint density at radius 1 is 1.48 bits per heavy atom. The molecule has 1 aliphatic heterocycles. The summed E-state index contributed by atoms with van der Waals surface area (Å²) in [7, 11) is 0. The minimum absolute atomic E-state index is 0.0164. The van der Waals surface area contributed by atoms with Crippen molar-refractivity contribution < 1.29 is 14.1 Å². The first-order valence-corrected chi connectivity index (χ1v) is 7.73. The normalized spacial score (nSPS) is 19.8. The van der Waals surface area contributed by atoms with Crippen molar-refractivity contribution in [3.8, 4) is 0 Å². The van der Waals surface area contributed by atoms with E-state index in [2.05, 4.69) is 15.2 Å². The first-order valence-electron chi connectivity index (χ1n) is 7.73. The summed E-state index contributed by atoms with van der Waals surface area (Å²) in [5.74, 6) is 0.566. The van der Waals surface area contributed by atoms with E-state index in [9.17, 15) is 4.79 Å². The molecule has 23 heavy (non-hydrogen) atoms. The first kappa shape index (κ1) is 15.7. The Morgan fingerprint density at radius 3 is 2.96 bits per heavy atom. The van der Waals surface area contributed by atoms with Crippen LogP contribution in [-0.4, -0.2) is 50.4 Å². The minimum atomic E-state index is -0.324. The third-order valence-electron chi connectivity index (χ3n) is 4.02. The highest BCUT2D eigenvalue weighted by molar-refractivity contribution is 5.76. The summed E-state index contributed by atoms with van der Waals surface area (Å²) >= 11 is 0. The van der Waals surface area contributed by atoms with Gasteiger partial charge in [-0.05, 0) is 26.8 Å². The molecular formula is C15H21N5O3. The molecule has 8 nitrogen and oxygen atoms in total. The number of ether oxygens (including phenoxy) is 1. The molecule has 0 radical (unpaired) electrons. The van der Waals surface area contributed by atoms with Crippen LogP contribution in [0.25, 0.3) is 0 Å². The van der Waals surface area contributed by atoms with E-state index in [-0.39, 0.29) is 18.1 Å². The zero-order valence-corrected chi connectivity index (χ0v) is 13.6. The molecule has 1 saturated heterocycles. The molecule has 0 bridgehead atoms. The first-order chi connectivity index (χ1) is 11.0. The Hall–Kier alpha value is -2.22. The fraction of sp³-hybridized carbons (Fsp3) is 0.600. The molecule has 2 unspecified atom stereocenters. The molecule has 3 heterocycles. The maximum atomic E-state index is 12.6. The zero-order chi connectivity index (χ0) is 16.4. The van der Waals surface area contributed by atoms with Gasteiger partial charge in [-0.2, -0.15) is 10.1 Å². The summed E-state index contributed by atoms with van der Waals surface area (Å²) in [5.41, 5.74) is 2.03. The van der Waals surface area contributed by atoms with E-state index >= 15 is 0 Å². The van der Waals surface area contributed by atoms with Crippen LogP contribution < -0.4 is 0 Å². The van der Waals surface area contributed by atoms with E-state index < -0.39 is 0 Å². The van der Waals surface area contributed by atoms with Crippen molar-refractivity contribution in [2.24, 2.45) is 0 Å². The third kappa shape index (κ3) is 3.42. The molecule has 1 amide bonds. The molecule has 0 aliphatic carbocycles. The summed E-state index contributed by atoms with van der Waals surface area (Å²) in [4.78, 5) is 18.4. The van der Waals surface area contributed by atoms with Gasteiger partial charge in [-0.3, -0.25) is 9.48 Å². The lowest BCUT2D eigenvalue weighted by Gasteiger charge is -2.32. The van der Waals surface area contributed by atoms with Crippen molar-refractivity contribution in [2.75, 3.05) is 19.7 Å². The lowest BCUT2D eigenvalue weighted by molar-refractivity contribution is -0.140. The van der Waals surface area contributed by atoms with Crippen LogP contribution in [0.4, 0.5) is 0 Å². The zero-order valence-electron chi connectivity index (χ0n) is 13.6. The molecule has 0 aromatic carbocycles. The van der Waals surface area contributed by atoms with Gasteiger partial charge in [-0.15, -0.1) is 0 Å². The summed E-state index contributed by atoms with van der Waals surface area (Å²) < 4.78 is 12.3. The summed E-state index contributed by atoms with van der Waals surface area (Å²) in [6.45, 7) is 7.46. The van der Waals surface area contributed by atoms with E-state index in [0.717, 1.165) is 11.4 Å². The molecule has 2 atom stereocenters. The van der Waals surface area contributed by atoms with Crippen LogP contribution in [0.5, 0.6) is 0 Å². The van der Waals surface area contributed by atoms with Gasteiger partial charge in [-0.1, -0.05) is 5.16 Å². The predicted molar refractivity (Wildman–Crippen MR) is 80.6 cm³/mol. The van der Waals surface area contributed by atoms with Crippen molar-refractivity contribution in [3.63, 3.8) is 0 Å². The number of carbonyl (C=O) groups excluding carboxylic acids is 1. The minimum Gasteiger partial charge on any atom is -0.366 e. The third-order valence-corrected chi connectivity index (χ3v) is 4.02. The van der Waals surface area contributed by atoms with E-state index in [4.69, 9.17) is 9.26 Å². The Balaban J connectivity index is 1.62. The smallest absolute Gasteiger partial charge is 0.224 e. The number of hydrogen-bond donors (Lipinski definition) is 0. The molecule has 0 spiro atoms. The molecule has 1 aliphatic rings. The molecular weight excluding hydrogens is 298 g/mol. The number of morpholine rings is 1. The topological polar surface area (TPSA) is 86.3 Å². The molecule has 0 saturated carbocycles. The molecule has 1 fully saturated rings. The summed E-state index contributed by atoms with van der Waals surface area (Å²) in [6.07, 6.45) is 1.35. The molecule has 124 valence electrons. The van der Waals surface area contributed by atoms with Gasteiger partial charge in [0.2, 0.25) is 18.1 Å². The van der Waals surface area contributed by atoms with Gasteiger partial charge in [0, 0.05) is 18.7 Å². The second-order valence-corrected chi connectivity index (χ2v) is 5.91. The van der Waals surface area contributed by atoms with Crippen molar-refractivity contribution in [3.05, 3.63) is 29.7 Å². The van der Waals surface area contributed by atoms with Gasteiger partial charge in [-0.25, -0.2) is 0 Å². The van der Waals surface area contributed by atoms with E-state index in [0.29, 0.717) is 31.9 Å². The maximum Gasteiger partial charge on any atom is 0.224 e. The van der Waals surface area contributed by atoms with Crippen LogP contribution in [0.3, 0.4) is 0 Å². The molecule has 2 aromatic heterocycles. The number of amides is 1.